The quantitative estimate of drug-likeness (QED) is 0.297. The number of methoxy groups -OCH3 is 1. The molecule has 2 aromatic carbocycles. The van der Waals surface area contributed by atoms with Gasteiger partial charge in [-0.3, -0.25) is 14.5 Å². The number of nitrogens with zero attached hydrogens (tertiary/aromatic N) is 4. The monoisotopic (exact) mass is 372 g/mol. The zero-order chi connectivity index (χ0) is 17.4. The highest BCUT2D eigenvalue weighted by Crippen LogP contribution is 2.33. The molecule has 0 aliphatic rings. The second-order valence-corrected chi connectivity index (χ2v) is 7.16. The average Bonchev–Trinajstić information content (AvgIpc) is 3.18. The molecule has 0 spiro atoms. The van der Waals surface area contributed by atoms with E-state index in [0.29, 0.717) is 11.5 Å². The third kappa shape index (κ3) is 2.81. The van der Waals surface area contributed by atoms with Crippen LogP contribution in [-0.2, 0) is 5.75 Å². The van der Waals surface area contributed by atoms with Gasteiger partial charge in [-0.15, -0.1) is 10.2 Å². The molecule has 7 nitrogen and oxygen atoms in total. The minimum Gasteiger partial charge on any atom is -0.496 e. The largest absolute Gasteiger partial charge is 0.496 e. The number of nitro groups is 1. The van der Waals surface area contributed by atoms with Crippen LogP contribution in [0.1, 0.15) is 5.56 Å². The highest BCUT2D eigenvalue weighted by Gasteiger charge is 2.15. The minimum atomic E-state index is -0.407. The van der Waals surface area contributed by atoms with Gasteiger partial charge in [0.05, 0.1) is 22.2 Å². The van der Waals surface area contributed by atoms with Crippen molar-refractivity contribution in [2.45, 2.75) is 10.9 Å². The Morgan fingerprint density at radius 2 is 2.12 bits per heavy atom. The van der Waals surface area contributed by atoms with E-state index in [1.165, 1.54) is 23.9 Å². The van der Waals surface area contributed by atoms with Crippen molar-refractivity contribution in [3.8, 4) is 5.75 Å². The molecule has 0 saturated carbocycles. The number of benzene rings is 2. The number of hydrogen-bond donors (Lipinski definition) is 0. The van der Waals surface area contributed by atoms with Gasteiger partial charge < -0.3 is 4.74 Å². The first-order valence-corrected chi connectivity index (χ1v) is 9.14. The Kier molecular flexibility index (Phi) is 4.02. The van der Waals surface area contributed by atoms with Crippen molar-refractivity contribution >= 4 is 44.0 Å². The molecule has 0 saturated heterocycles. The van der Waals surface area contributed by atoms with Crippen molar-refractivity contribution in [1.29, 1.82) is 0 Å². The first-order chi connectivity index (χ1) is 12.2. The summed E-state index contributed by atoms with van der Waals surface area (Å²) < 4.78 is 8.47. The number of hydrogen-bond acceptors (Lipinski definition) is 7. The number of thiazole rings is 1. The van der Waals surface area contributed by atoms with Crippen LogP contribution in [0.2, 0.25) is 0 Å². The maximum atomic E-state index is 11.0. The molecule has 2 aromatic heterocycles. The van der Waals surface area contributed by atoms with Gasteiger partial charge in [0.25, 0.3) is 5.69 Å². The predicted octanol–water partition coefficient (Wildman–Crippen LogP) is 4.15. The summed E-state index contributed by atoms with van der Waals surface area (Å²) in [5.74, 6) is 1.12. The van der Waals surface area contributed by atoms with Gasteiger partial charge in [-0.2, -0.15) is 0 Å². The van der Waals surface area contributed by atoms with Crippen molar-refractivity contribution in [3.05, 3.63) is 58.1 Å². The summed E-state index contributed by atoms with van der Waals surface area (Å²) in [5, 5.41) is 20.2. The molecule has 0 fully saturated rings. The molecule has 0 amide bonds. The van der Waals surface area contributed by atoms with E-state index in [2.05, 4.69) is 10.2 Å². The maximum absolute atomic E-state index is 11.0. The Morgan fingerprint density at radius 1 is 1.28 bits per heavy atom. The molecule has 126 valence electrons. The molecule has 0 unspecified atom stereocenters. The summed E-state index contributed by atoms with van der Waals surface area (Å²) in [6.45, 7) is 0. The minimum absolute atomic E-state index is 0.0452. The van der Waals surface area contributed by atoms with E-state index < -0.39 is 4.92 Å². The summed E-state index contributed by atoms with van der Waals surface area (Å²) in [5.41, 5.74) is 1.85. The Hall–Kier alpha value is -2.65. The fraction of sp³-hybridized carbons (Fsp3) is 0.125. The molecule has 0 radical (unpaired) electrons. The number of aromatic nitrogens is 3. The molecule has 0 atom stereocenters. The van der Waals surface area contributed by atoms with E-state index in [-0.39, 0.29) is 5.69 Å². The van der Waals surface area contributed by atoms with E-state index in [1.54, 1.807) is 24.5 Å². The first kappa shape index (κ1) is 15.9. The third-order valence-corrected chi connectivity index (χ3v) is 5.73. The predicted molar refractivity (Wildman–Crippen MR) is 97.6 cm³/mol. The molecule has 4 rings (SSSR count). The van der Waals surface area contributed by atoms with Crippen LogP contribution >= 0.6 is 23.1 Å². The molecule has 0 aliphatic heterocycles. The molecule has 9 heteroatoms. The Morgan fingerprint density at radius 3 is 2.92 bits per heavy atom. The standard InChI is InChI=1S/C16H12N4O3S2/c1-23-13-7-6-11(20(21)22)8-10(13)9-24-15-17-18-16-19(15)12-4-2-3-5-14(12)25-16/h2-8H,9H2,1H3. The third-order valence-electron chi connectivity index (χ3n) is 3.74. The van der Waals surface area contributed by atoms with Crippen LogP contribution in [0, 0.1) is 10.1 Å². The highest BCUT2D eigenvalue weighted by molar-refractivity contribution is 7.98. The summed E-state index contributed by atoms with van der Waals surface area (Å²) in [6.07, 6.45) is 0. The van der Waals surface area contributed by atoms with Gasteiger partial charge in [0.1, 0.15) is 5.75 Å². The van der Waals surface area contributed by atoms with Gasteiger partial charge in [0.2, 0.25) is 4.96 Å². The lowest BCUT2D eigenvalue weighted by Gasteiger charge is -2.07. The zero-order valence-electron chi connectivity index (χ0n) is 13.1. The molecule has 0 N–H and O–H groups in total. The van der Waals surface area contributed by atoms with Crippen molar-refractivity contribution in [1.82, 2.24) is 14.6 Å². The molecule has 25 heavy (non-hydrogen) atoms. The topological polar surface area (TPSA) is 82.6 Å². The van der Waals surface area contributed by atoms with Gasteiger partial charge >= 0.3 is 0 Å². The van der Waals surface area contributed by atoms with Crippen LogP contribution in [0.5, 0.6) is 5.75 Å². The van der Waals surface area contributed by atoms with Crippen molar-refractivity contribution in [3.63, 3.8) is 0 Å². The lowest BCUT2D eigenvalue weighted by molar-refractivity contribution is -0.384. The van der Waals surface area contributed by atoms with Crippen LogP contribution in [0.25, 0.3) is 15.2 Å². The van der Waals surface area contributed by atoms with Gasteiger partial charge in [-0.1, -0.05) is 35.2 Å². The van der Waals surface area contributed by atoms with Crippen LogP contribution in [0.3, 0.4) is 0 Å². The Bertz CT molecular complexity index is 1090. The molecule has 2 heterocycles. The lowest BCUT2D eigenvalue weighted by atomic mass is 10.2. The van der Waals surface area contributed by atoms with E-state index >= 15 is 0 Å². The second kappa shape index (κ2) is 6.34. The van der Waals surface area contributed by atoms with E-state index in [9.17, 15) is 10.1 Å². The number of ether oxygens (including phenoxy) is 1. The summed E-state index contributed by atoms with van der Waals surface area (Å²) >= 11 is 3.05. The van der Waals surface area contributed by atoms with Gasteiger partial charge in [-0.05, 0) is 18.2 Å². The van der Waals surface area contributed by atoms with E-state index in [0.717, 1.165) is 25.9 Å². The van der Waals surface area contributed by atoms with Gasteiger partial charge in [0.15, 0.2) is 5.16 Å². The van der Waals surface area contributed by atoms with Crippen LogP contribution in [0.15, 0.2) is 47.6 Å². The fourth-order valence-electron chi connectivity index (χ4n) is 2.58. The van der Waals surface area contributed by atoms with Crippen LogP contribution in [-0.4, -0.2) is 26.6 Å². The Labute approximate surface area is 150 Å². The van der Waals surface area contributed by atoms with Crippen molar-refractivity contribution < 1.29 is 9.66 Å². The Balaban J connectivity index is 1.69. The van der Waals surface area contributed by atoms with Crippen LogP contribution in [0.4, 0.5) is 5.69 Å². The first-order valence-electron chi connectivity index (χ1n) is 7.34. The maximum Gasteiger partial charge on any atom is 0.270 e. The number of fused-ring (bicyclic) bond motifs is 3. The van der Waals surface area contributed by atoms with E-state index in [4.69, 9.17) is 4.74 Å². The highest BCUT2D eigenvalue weighted by atomic mass is 32.2. The van der Waals surface area contributed by atoms with Crippen molar-refractivity contribution in [2.75, 3.05) is 7.11 Å². The zero-order valence-corrected chi connectivity index (χ0v) is 14.7. The SMILES string of the molecule is COc1ccc([N+](=O)[O-])cc1CSc1nnc2sc3ccccc3n12. The van der Waals surface area contributed by atoms with Gasteiger partial charge in [0, 0.05) is 23.4 Å². The summed E-state index contributed by atoms with van der Waals surface area (Å²) in [7, 11) is 1.55. The average molecular weight is 372 g/mol. The van der Waals surface area contributed by atoms with Crippen LogP contribution < -0.4 is 4.74 Å². The van der Waals surface area contributed by atoms with E-state index in [1.807, 2.05) is 28.7 Å². The molecule has 4 aromatic rings. The fourth-order valence-corrected chi connectivity index (χ4v) is 4.53. The number of thioether (sulfide) groups is 1. The number of nitro benzene ring substituents is 1. The molecular formula is C16H12N4O3S2. The number of para-hydroxylation sites is 1. The smallest absolute Gasteiger partial charge is 0.270 e. The number of rotatable bonds is 5. The van der Waals surface area contributed by atoms with Crippen molar-refractivity contribution in [2.24, 2.45) is 0 Å². The molecule has 0 bridgehead atoms. The second-order valence-electron chi connectivity index (χ2n) is 5.21. The summed E-state index contributed by atoms with van der Waals surface area (Å²) in [4.78, 5) is 11.4. The summed E-state index contributed by atoms with van der Waals surface area (Å²) in [6, 6.07) is 12.6. The number of non-ortho nitro benzene ring substituents is 1. The molecule has 0 aliphatic carbocycles. The van der Waals surface area contributed by atoms with Gasteiger partial charge in [-0.25, -0.2) is 0 Å². The lowest BCUT2D eigenvalue weighted by Crippen LogP contribution is -1.95. The molecular weight excluding hydrogens is 360 g/mol. The normalized spacial score (nSPS) is 11.2.